The first-order valence-electron chi connectivity index (χ1n) is 7.89. The summed E-state index contributed by atoms with van der Waals surface area (Å²) < 4.78 is 0. The van der Waals surface area contributed by atoms with Gasteiger partial charge in [0.15, 0.2) is 0 Å². The summed E-state index contributed by atoms with van der Waals surface area (Å²) in [5.41, 5.74) is 7.44. The van der Waals surface area contributed by atoms with Crippen molar-refractivity contribution in [1.29, 1.82) is 0 Å². The molecular formula is C18H26N2OS. The number of carbonyl (C=O) groups excluding carboxylic acids is 1. The number of aromatic nitrogens is 1. The van der Waals surface area contributed by atoms with E-state index in [1.165, 1.54) is 45.6 Å². The molecule has 0 saturated heterocycles. The number of rotatable bonds is 0. The number of fused-ring (bicyclic) bond motifs is 2. The Morgan fingerprint density at radius 2 is 2.05 bits per heavy atom. The first-order chi connectivity index (χ1) is 10.3. The van der Waals surface area contributed by atoms with E-state index in [0.717, 1.165) is 12.3 Å². The second kappa shape index (κ2) is 6.78. The predicted molar refractivity (Wildman–Crippen MR) is 94.2 cm³/mol. The SMILES string of the molecule is Cc1cc2cc3c(nc2s1)CCCC(C(C)(C)C)C3.NC=O. The van der Waals surface area contributed by atoms with Gasteiger partial charge in [0.05, 0.1) is 0 Å². The highest BCUT2D eigenvalue weighted by Crippen LogP contribution is 2.37. The lowest BCUT2D eigenvalue weighted by atomic mass is 9.76. The monoisotopic (exact) mass is 318 g/mol. The molecule has 3 rings (SSSR count). The minimum atomic E-state index is 0.250. The lowest BCUT2D eigenvalue weighted by Crippen LogP contribution is -2.22. The molecule has 1 atom stereocenters. The number of primary amides is 1. The van der Waals surface area contributed by atoms with Gasteiger partial charge in [0.2, 0.25) is 6.41 Å². The summed E-state index contributed by atoms with van der Waals surface area (Å²) in [4.78, 5) is 16.1. The van der Waals surface area contributed by atoms with E-state index in [-0.39, 0.29) is 6.41 Å². The van der Waals surface area contributed by atoms with Crippen LogP contribution in [0.2, 0.25) is 0 Å². The smallest absolute Gasteiger partial charge is 0.204 e. The van der Waals surface area contributed by atoms with Crippen LogP contribution >= 0.6 is 11.3 Å². The van der Waals surface area contributed by atoms with Crippen molar-refractivity contribution in [3.63, 3.8) is 0 Å². The van der Waals surface area contributed by atoms with Gasteiger partial charge < -0.3 is 5.73 Å². The van der Waals surface area contributed by atoms with Crippen molar-refractivity contribution in [2.24, 2.45) is 17.1 Å². The van der Waals surface area contributed by atoms with Crippen LogP contribution < -0.4 is 5.73 Å². The number of pyridine rings is 1. The van der Waals surface area contributed by atoms with Crippen LogP contribution in [0.5, 0.6) is 0 Å². The lowest BCUT2D eigenvalue weighted by Gasteiger charge is -2.29. The molecular weight excluding hydrogens is 292 g/mol. The molecule has 0 saturated carbocycles. The highest BCUT2D eigenvalue weighted by Gasteiger charge is 2.27. The van der Waals surface area contributed by atoms with Gasteiger partial charge in [0, 0.05) is 16.0 Å². The third-order valence-corrected chi connectivity index (χ3v) is 5.42. The van der Waals surface area contributed by atoms with E-state index in [1.54, 1.807) is 0 Å². The fraction of sp³-hybridized carbons (Fsp3) is 0.556. The first-order valence-corrected chi connectivity index (χ1v) is 8.71. The second-order valence-corrected chi connectivity index (χ2v) is 8.38. The molecule has 2 aromatic rings. The average Bonchev–Trinajstić information content (AvgIpc) is 2.63. The largest absolute Gasteiger partial charge is 0.372 e. The molecule has 0 radical (unpaired) electrons. The molecule has 0 spiro atoms. The summed E-state index contributed by atoms with van der Waals surface area (Å²) >= 11 is 1.83. The fourth-order valence-electron chi connectivity index (χ4n) is 3.19. The fourth-order valence-corrected chi connectivity index (χ4v) is 4.08. The van der Waals surface area contributed by atoms with Crippen molar-refractivity contribution in [2.45, 2.75) is 53.4 Å². The lowest BCUT2D eigenvalue weighted by molar-refractivity contribution is -0.106. The molecule has 2 aromatic heterocycles. The van der Waals surface area contributed by atoms with E-state index in [1.807, 2.05) is 11.3 Å². The topological polar surface area (TPSA) is 56.0 Å². The minimum Gasteiger partial charge on any atom is -0.372 e. The Labute approximate surface area is 136 Å². The number of amides is 1. The molecule has 1 amide bonds. The second-order valence-electron chi connectivity index (χ2n) is 7.14. The predicted octanol–water partition coefficient (Wildman–Crippen LogP) is 4.25. The number of nitrogens with zero attached hydrogens (tertiary/aromatic N) is 1. The van der Waals surface area contributed by atoms with Crippen molar-refractivity contribution < 1.29 is 4.79 Å². The number of thiophene rings is 1. The van der Waals surface area contributed by atoms with E-state index >= 15 is 0 Å². The third kappa shape index (κ3) is 3.86. The molecule has 1 aliphatic rings. The van der Waals surface area contributed by atoms with Gasteiger partial charge in [-0.2, -0.15) is 0 Å². The quantitative estimate of drug-likeness (QED) is 0.583. The van der Waals surface area contributed by atoms with Gasteiger partial charge in [-0.15, -0.1) is 11.3 Å². The van der Waals surface area contributed by atoms with Crippen molar-refractivity contribution >= 4 is 28.0 Å². The van der Waals surface area contributed by atoms with Gasteiger partial charge in [-0.05, 0) is 61.6 Å². The number of hydrogen-bond acceptors (Lipinski definition) is 3. The zero-order valence-electron chi connectivity index (χ0n) is 14.0. The first kappa shape index (κ1) is 16.9. The minimum absolute atomic E-state index is 0.250. The Bertz CT molecular complexity index is 655. The number of aryl methyl sites for hydroxylation is 2. The van der Waals surface area contributed by atoms with Gasteiger partial charge in [-0.1, -0.05) is 20.8 Å². The summed E-state index contributed by atoms with van der Waals surface area (Å²) in [5, 5.41) is 1.34. The molecule has 1 aliphatic carbocycles. The molecule has 3 nitrogen and oxygen atoms in total. The van der Waals surface area contributed by atoms with Gasteiger partial charge in [0.25, 0.3) is 0 Å². The number of carbonyl (C=O) groups is 1. The molecule has 22 heavy (non-hydrogen) atoms. The molecule has 0 aliphatic heterocycles. The van der Waals surface area contributed by atoms with E-state index in [4.69, 9.17) is 9.78 Å². The number of hydrogen-bond donors (Lipinski definition) is 1. The van der Waals surface area contributed by atoms with E-state index in [9.17, 15) is 0 Å². The van der Waals surface area contributed by atoms with Gasteiger partial charge in [0.1, 0.15) is 4.83 Å². The molecule has 2 heterocycles. The van der Waals surface area contributed by atoms with Crippen molar-refractivity contribution in [3.05, 3.63) is 28.3 Å². The Kier molecular flexibility index (Phi) is 5.22. The van der Waals surface area contributed by atoms with Crippen LogP contribution in [0.1, 0.15) is 49.7 Å². The molecule has 4 heteroatoms. The van der Waals surface area contributed by atoms with Crippen molar-refractivity contribution in [1.82, 2.24) is 4.98 Å². The molecule has 0 aromatic carbocycles. The summed E-state index contributed by atoms with van der Waals surface area (Å²) in [6.45, 7) is 9.31. The van der Waals surface area contributed by atoms with Crippen LogP contribution in [-0.2, 0) is 17.6 Å². The summed E-state index contributed by atoms with van der Waals surface area (Å²) in [5.74, 6) is 0.785. The highest BCUT2D eigenvalue weighted by atomic mass is 32.1. The maximum Gasteiger partial charge on any atom is 0.204 e. The molecule has 0 bridgehead atoms. The van der Waals surface area contributed by atoms with E-state index < -0.39 is 0 Å². The Balaban J connectivity index is 0.000000545. The Hall–Kier alpha value is -1.42. The van der Waals surface area contributed by atoms with E-state index in [2.05, 4.69) is 45.6 Å². The van der Waals surface area contributed by atoms with Crippen molar-refractivity contribution in [2.75, 3.05) is 0 Å². The highest BCUT2D eigenvalue weighted by molar-refractivity contribution is 7.18. The van der Waals surface area contributed by atoms with Crippen LogP contribution in [0.15, 0.2) is 12.1 Å². The standard InChI is InChI=1S/C17H23NS.CH3NO/c1-11-8-13-9-12-10-14(17(2,3)4)6-5-7-15(12)18-16(13)19-11;2-1-3/h8-9,14H,5-7,10H2,1-4H3;1H,(H2,2,3). The normalized spacial score (nSPS) is 18.1. The Morgan fingerprint density at radius 3 is 2.68 bits per heavy atom. The maximum atomic E-state index is 8.58. The van der Waals surface area contributed by atoms with Crippen LogP contribution in [0, 0.1) is 18.3 Å². The molecule has 0 fully saturated rings. The average molecular weight is 318 g/mol. The van der Waals surface area contributed by atoms with Gasteiger partial charge in [-0.3, -0.25) is 4.79 Å². The van der Waals surface area contributed by atoms with Gasteiger partial charge in [-0.25, -0.2) is 4.98 Å². The van der Waals surface area contributed by atoms with Gasteiger partial charge >= 0.3 is 0 Å². The molecule has 1 unspecified atom stereocenters. The summed E-state index contributed by atoms with van der Waals surface area (Å²) in [7, 11) is 0. The van der Waals surface area contributed by atoms with E-state index in [0.29, 0.717) is 5.41 Å². The Morgan fingerprint density at radius 1 is 1.36 bits per heavy atom. The maximum absolute atomic E-state index is 8.58. The van der Waals surface area contributed by atoms with Crippen LogP contribution in [-0.4, -0.2) is 11.4 Å². The third-order valence-electron chi connectivity index (χ3n) is 4.46. The van der Waals surface area contributed by atoms with Crippen LogP contribution in [0.3, 0.4) is 0 Å². The van der Waals surface area contributed by atoms with Crippen molar-refractivity contribution in [3.8, 4) is 0 Å². The van der Waals surface area contributed by atoms with Crippen LogP contribution in [0.25, 0.3) is 10.2 Å². The summed E-state index contributed by atoms with van der Waals surface area (Å²) in [6, 6.07) is 4.69. The zero-order valence-corrected chi connectivity index (χ0v) is 14.8. The molecule has 2 N–H and O–H groups in total. The summed E-state index contributed by atoms with van der Waals surface area (Å²) in [6.07, 6.45) is 5.25. The molecule has 120 valence electrons. The van der Waals surface area contributed by atoms with Crippen LogP contribution in [0.4, 0.5) is 0 Å². The number of nitrogens with two attached hydrogens (primary N) is 1. The zero-order chi connectivity index (χ0) is 16.3.